The highest BCUT2D eigenvalue weighted by Crippen LogP contribution is 2.25. The maximum absolute atomic E-state index is 12.3. The molecule has 0 aliphatic carbocycles. The molecule has 0 saturated carbocycles. The summed E-state index contributed by atoms with van der Waals surface area (Å²) in [6, 6.07) is 6.20. The predicted molar refractivity (Wildman–Crippen MR) is 76.2 cm³/mol. The summed E-state index contributed by atoms with van der Waals surface area (Å²) < 4.78 is 35.7. The number of carbonyl (C=O) groups is 1. The minimum Gasteiger partial charge on any atom is -0.435 e. The lowest BCUT2D eigenvalue weighted by molar-refractivity contribution is -0.139. The molecule has 1 aromatic heterocycles. The standard InChI is InChI=1S/C14H15F2N5O3/c15-14(16)24-11-3-1-10(2-4-11)12-7-20(5-6-23-12)13(22)8-21-9-17-18-19-21/h1-4,9,12,14H,5-8H2/t12-/m1/s1. The van der Waals surface area contributed by atoms with Gasteiger partial charge in [0.1, 0.15) is 24.7 Å². The Hall–Kier alpha value is -2.62. The predicted octanol–water partition coefficient (Wildman–Crippen LogP) is 0.875. The number of nitrogens with zero attached hydrogens (tertiary/aromatic N) is 5. The van der Waals surface area contributed by atoms with Crippen LogP contribution in [0.5, 0.6) is 5.75 Å². The second kappa shape index (κ2) is 7.30. The molecule has 0 radical (unpaired) electrons. The van der Waals surface area contributed by atoms with Crippen LogP contribution in [0, 0.1) is 0 Å². The lowest BCUT2D eigenvalue weighted by atomic mass is 10.1. The number of hydrogen-bond donors (Lipinski definition) is 0. The van der Waals surface area contributed by atoms with Gasteiger partial charge in [0.25, 0.3) is 0 Å². The largest absolute Gasteiger partial charge is 0.435 e. The molecular formula is C14H15F2N5O3. The topological polar surface area (TPSA) is 82.4 Å². The molecule has 24 heavy (non-hydrogen) atoms. The van der Waals surface area contributed by atoms with Gasteiger partial charge in [-0.25, -0.2) is 4.68 Å². The highest BCUT2D eigenvalue weighted by atomic mass is 19.3. The minimum absolute atomic E-state index is 0.0564. The first-order valence-corrected chi connectivity index (χ1v) is 7.27. The van der Waals surface area contributed by atoms with Gasteiger partial charge in [0.15, 0.2) is 0 Å². The van der Waals surface area contributed by atoms with Crippen molar-refractivity contribution in [2.45, 2.75) is 19.3 Å². The molecule has 3 rings (SSSR count). The van der Waals surface area contributed by atoms with Crippen LogP contribution in [-0.2, 0) is 16.1 Å². The third-order valence-corrected chi connectivity index (χ3v) is 3.58. The summed E-state index contributed by atoms with van der Waals surface area (Å²) in [5, 5.41) is 10.6. The van der Waals surface area contributed by atoms with Gasteiger partial charge < -0.3 is 14.4 Å². The molecule has 8 nitrogen and oxygen atoms in total. The summed E-state index contributed by atoms with van der Waals surface area (Å²) in [5.41, 5.74) is 0.788. The van der Waals surface area contributed by atoms with Crippen molar-refractivity contribution >= 4 is 5.91 Å². The molecule has 1 amide bonds. The number of hydrogen-bond acceptors (Lipinski definition) is 6. The van der Waals surface area contributed by atoms with E-state index in [2.05, 4.69) is 20.3 Å². The fourth-order valence-corrected chi connectivity index (χ4v) is 2.43. The third-order valence-electron chi connectivity index (χ3n) is 3.58. The molecule has 128 valence electrons. The fraction of sp³-hybridized carbons (Fsp3) is 0.429. The van der Waals surface area contributed by atoms with Crippen LogP contribution in [0.1, 0.15) is 11.7 Å². The molecule has 10 heteroatoms. The Bertz CT molecular complexity index is 666. The molecule has 1 atom stereocenters. The average molecular weight is 339 g/mol. The average Bonchev–Trinajstić information content (AvgIpc) is 3.08. The van der Waals surface area contributed by atoms with Gasteiger partial charge in [0.05, 0.1) is 13.2 Å². The van der Waals surface area contributed by atoms with E-state index in [1.165, 1.54) is 23.1 Å². The molecule has 2 aromatic rings. The summed E-state index contributed by atoms with van der Waals surface area (Å²) in [6.07, 6.45) is 1.05. The number of morpholine rings is 1. The van der Waals surface area contributed by atoms with Crippen LogP contribution in [0.2, 0.25) is 0 Å². The van der Waals surface area contributed by atoms with Crippen LogP contribution >= 0.6 is 0 Å². The Balaban J connectivity index is 1.61. The van der Waals surface area contributed by atoms with Gasteiger partial charge in [-0.3, -0.25) is 4.79 Å². The van der Waals surface area contributed by atoms with Crippen LogP contribution in [0.3, 0.4) is 0 Å². The number of aromatic nitrogens is 4. The van der Waals surface area contributed by atoms with Gasteiger partial charge in [-0.1, -0.05) is 12.1 Å². The second-order valence-electron chi connectivity index (χ2n) is 5.15. The lowest BCUT2D eigenvalue weighted by Crippen LogP contribution is -2.43. The van der Waals surface area contributed by atoms with Crippen molar-refractivity contribution in [2.24, 2.45) is 0 Å². The number of tetrazole rings is 1. The van der Waals surface area contributed by atoms with Crippen molar-refractivity contribution in [3.05, 3.63) is 36.2 Å². The van der Waals surface area contributed by atoms with Crippen LogP contribution in [-0.4, -0.2) is 57.3 Å². The van der Waals surface area contributed by atoms with Crippen molar-refractivity contribution in [3.63, 3.8) is 0 Å². The Labute approximate surface area is 136 Å². The second-order valence-corrected chi connectivity index (χ2v) is 5.15. The van der Waals surface area contributed by atoms with E-state index < -0.39 is 6.61 Å². The van der Waals surface area contributed by atoms with Crippen LogP contribution in [0.25, 0.3) is 0 Å². The summed E-state index contributed by atoms with van der Waals surface area (Å²) >= 11 is 0. The molecule has 1 aromatic carbocycles. The summed E-state index contributed by atoms with van der Waals surface area (Å²) in [6.45, 7) is -1.57. The van der Waals surface area contributed by atoms with Gasteiger partial charge in [-0.15, -0.1) is 5.10 Å². The number of carbonyl (C=O) groups excluding carboxylic acids is 1. The summed E-state index contributed by atoms with van der Waals surface area (Å²) in [4.78, 5) is 13.9. The molecule has 0 bridgehead atoms. The SMILES string of the molecule is O=C(Cn1cnnn1)N1CCO[C@@H](c2ccc(OC(F)F)cc2)C1. The zero-order valence-corrected chi connectivity index (χ0v) is 12.6. The number of halogens is 2. The van der Waals surface area contributed by atoms with E-state index in [9.17, 15) is 13.6 Å². The first kappa shape index (κ1) is 16.2. The number of amides is 1. The summed E-state index contributed by atoms with van der Waals surface area (Å²) in [7, 11) is 0. The molecule has 0 spiro atoms. The lowest BCUT2D eigenvalue weighted by Gasteiger charge is -2.33. The number of benzene rings is 1. The maximum Gasteiger partial charge on any atom is 0.387 e. The van der Waals surface area contributed by atoms with Crippen molar-refractivity contribution in [3.8, 4) is 5.75 Å². The van der Waals surface area contributed by atoms with Crippen molar-refractivity contribution < 1.29 is 23.0 Å². The van der Waals surface area contributed by atoms with E-state index in [0.29, 0.717) is 19.7 Å². The Morgan fingerprint density at radius 3 is 2.83 bits per heavy atom. The Morgan fingerprint density at radius 1 is 1.38 bits per heavy atom. The fourth-order valence-electron chi connectivity index (χ4n) is 2.43. The van der Waals surface area contributed by atoms with Crippen molar-refractivity contribution in [1.29, 1.82) is 0 Å². The number of alkyl halides is 2. The normalized spacial score (nSPS) is 18.0. The minimum atomic E-state index is -2.86. The van der Waals surface area contributed by atoms with E-state index in [0.717, 1.165) is 5.56 Å². The van der Waals surface area contributed by atoms with Gasteiger partial charge in [-0.2, -0.15) is 8.78 Å². The molecule has 0 N–H and O–H groups in total. The quantitative estimate of drug-likeness (QED) is 0.804. The van der Waals surface area contributed by atoms with Gasteiger partial charge in [0, 0.05) is 6.54 Å². The smallest absolute Gasteiger partial charge is 0.387 e. The third kappa shape index (κ3) is 4.02. The number of rotatable bonds is 5. The molecule has 2 heterocycles. The van der Waals surface area contributed by atoms with Crippen LogP contribution in [0.15, 0.2) is 30.6 Å². The molecule has 0 unspecified atom stereocenters. The highest BCUT2D eigenvalue weighted by Gasteiger charge is 2.25. The van der Waals surface area contributed by atoms with E-state index in [-0.39, 0.29) is 24.3 Å². The maximum atomic E-state index is 12.3. The monoisotopic (exact) mass is 339 g/mol. The molecular weight excluding hydrogens is 324 g/mol. The van der Waals surface area contributed by atoms with Crippen LogP contribution < -0.4 is 4.74 Å². The van der Waals surface area contributed by atoms with Crippen LogP contribution in [0.4, 0.5) is 8.78 Å². The Kier molecular flexibility index (Phi) is 4.94. The molecule has 1 saturated heterocycles. The molecule has 1 fully saturated rings. The van der Waals surface area contributed by atoms with E-state index >= 15 is 0 Å². The number of ether oxygens (including phenoxy) is 2. The zero-order chi connectivity index (χ0) is 16.9. The zero-order valence-electron chi connectivity index (χ0n) is 12.6. The van der Waals surface area contributed by atoms with Gasteiger partial charge >= 0.3 is 6.61 Å². The van der Waals surface area contributed by atoms with E-state index in [1.807, 2.05) is 0 Å². The van der Waals surface area contributed by atoms with E-state index in [4.69, 9.17) is 4.74 Å². The van der Waals surface area contributed by atoms with Gasteiger partial charge in [-0.05, 0) is 28.1 Å². The first-order chi connectivity index (χ1) is 11.6. The molecule has 1 aliphatic heterocycles. The Morgan fingerprint density at radius 2 is 2.17 bits per heavy atom. The summed E-state index contributed by atoms with van der Waals surface area (Å²) in [5.74, 6) is -0.0376. The first-order valence-electron chi connectivity index (χ1n) is 7.27. The van der Waals surface area contributed by atoms with Crippen molar-refractivity contribution in [2.75, 3.05) is 19.7 Å². The highest BCUT2D eigenvalue weighted by molar-refractivity contribution is 5.76. The van der Waals surface area contributed by atoms with E-state index in [1.54, 1.807) is 17.0 Å². The van der Waals surface area contributed by atoms with Crippen molar-refractivity contribution in [1.82, 2.24) is 25.1 Å². The van der Waals surface area contributed by atoms with Gasteiger partial charge in [0.2, 0.25) is 5.91 Å². The molecule has 1 aliphatic rings.